The van der Waals surface area contributed by atoms with Gasteiger partial charge in [-0.1, -0.05) is 18.2 Å². The summed E-state index contributed by atoms with van der Waals surface area (Å²) in [6.45, 7) is 4.16. The Hall–Kier alpha value is -3.45. The van der Waals surface area contributed by atoms with Crippen LogP contribution in [0.25, 0.3) is 11.4 Å². The molecule has 1 aliphatic rings. The maximum absolute atomic E-state index is 14.0. The molecule has 5 rings (SSSR count). The zero-order chi connectivity index (χ0) is 20.5. The largest absolute Gasteiger partial charge is 0.309 e. The van der Waals surface area contributed by atoms with Crippen molar-refractivity contribution in [2.75, 3.05) is 6.54 Å². The van der Waals surface area contributed by atoms with Gasteiger partial charge in [0, 0.05) is 43.4 Å². The normalized spacial score (nSPS) is 15.0. The van der Waals surface area contributed by atoms with Crippen molar-refractivity contribution in [3.8, 4) is 11.4 Å². The molecule has 0 fully saturated rings. The zero-order valence-electron chi connectivity index (χ0n) is 16.6. The molecule has 7 heteroatoms. The molecule has 4 aromatic rings. The molecule has 1 aliphatic heterocycles. The molecule has 0 spiro atoms. The number of aryl methyl sites for hydroxylation is 1. The lowest BCUT2D eigenvalue weighted by Gasteiger charge is -2.35. The Balaban J connectivity index is 1.50. The van der Waals surface area contributed by atoms with Crippen LogP contribution < -0.4 is 0 Å². The van der Waals surface area contributed by atoms with Gasteiger partial charge in [-0.15, -0.1) is 10.2 Å². The van der Waals surface area contributed by atoms with Crippen molar-refractivity contribution in [2.24, 2.45) is 0 Å². The van der Waals surface area contributed by atoms with E-state index in [4.69, 9.17) is 0 Å². The highest BCUT2D eigenvalue weighted by Gasteiger charge is 2.29. The van der Waals surface area contributed by atoms with Gasteiger partial charge in [0.15, 0.2) is 5.82 Å². The molecule has 0 aliphatic carbocycles. The molecule has 30 heavy (non-hydrogen) atoms. The van der Waals surface area contributed by atoms with E-state index in [1.165, 1.54) is 6.07 Å². The topological polar surface area (TPSA) is 59.7 Å². The highest BCUT2D eigenvalue weighted by molar-refractivity contribution is 5.55. The number of aromatic nitrogens is 5. The summed E-state index contributed by atoms with van der Waals surface area (Å²) in [4.78, 5) is 10.9. The predicted molar refractivity (Wildman–Crippen MR) is 111 cm³/mol. The predicted octanol–water partition coefficient (Wildman–Crippen LogP) is 3.79. The second-order valence-electron chi connectivity index (χ2n) is 7.56. The van der Waals surface area contributed by atoms with E-state index < -0.39 is 0 Å². The molecule has 0 bridgehead atoms. The van der Waals surface area contributed by atoms with E-state index in [0.717, 1.165) is 47.0 Å². The number of pyridine rings is 2. The molecular weight excluding hydrogens is 379 g/mol. The lowest BCUT2D eigenvalue weighted by Crippen LogP contribution is -2.37. The standard InChI is InChI=1S/C23H21FN6/c1-16-10-19(14-26-12-16)23-28-27-21-15-29(8-9-30(21)23)22(18-5-3-7-25-13-18)17-4-2-6-20(24)11-17/h2-7,10-14,22H,8-9,15H2,1H3. The molecule has 1 atom stereocenters. The molecule has 150 valence electrons. The second kappa shape index (κ2) is 7.76. The van der Waals surface area contributed by atoms with Crippen LogP contribution in [0.5, 0.6) is 0 Å². The zero-order valence-corrected chi connectivity index (χ0v) is 16.6. The highest BCUT2D eigenvalue weighted by atomic mass is 19.1. The fraction of sp³-hybridized carbons (Fsp3) is 0.217. The molecule has 0 N–H and O–H groups in total. The lowest BCUT2D eigenvalue weighted by molar-refractivity contribution is 0.176. The van der Waals surface area contributed by atoms with Crippen LogP contribution in [0.4, 0.5) is 4.39 Å². The quantitative estimate of drug-likeness (QED) is 0.522. The Morgan fingerprint density at radius 1 is 0.933 bits per heavy atom. The average molecular weight is 400 g/mol. The molecule has 0 amide bonds. The average Bonchev–Trinajstić information content (AvgIpc) is 3.18. The summed E-state index contributed by atoms with van der Waals surface area (Å²) in [6.07, 6.45) is 7.25. The molecule has 4 heterocycles. The first kappa shape index (κ1) is 18.6. The number of nitrogens with zero attached hydrogens (tertiary/aromatic N) is 6. The highest BCUT2D eigenvalue weighted by Crippen LogP contribution is 2.32. The van der Waals surface area contributed by atoms with Gasteiger partial charge in [0.2, 0.25) is 0 Å². The van der Waals surface area contributed by atoms with Gasteiger partial charge < -0.3 is 4.57 Å². The Morgan fingerprint density at radius 2 is 1.83 bits per heavy atom. The van der Waals surface area contributed by atoms with E-state index >= 15 is 0 Å². The molecule has 0 saturated carbocycles. The summed E-state index contributed by atoms with van der Waals surface area (Å²) < 4.78 is 16.2. The summed E-state index contributed by atoms with van der Waals surface area (Å²) in [7, 11) is 0. The van der Waals surface area contributed by atoms with Gasteiger partial charge in [0.1, 0.15) is 11.6 Å². The Bertz CT molecular complexity index is 1170. The molecule has 6 nitrogen and oxygen atoms in total. The number of halogens is 1. The molecule has 1 unspecified atom stereocenters. The van der Waals surface area contributed by atoms with Gasteiger partial charge in [-0.3, -0.25) is 14.9 Å². The van der Waals surface area contributed by atoms with Crippen molar-refractivity contribution in [1.29, 1.82) is 0 Å². The van der Waals surface area contributed by atoms with Crippen LogP contribution in [-0.4, -0.2) is 36.2 Å². The van der Waals surface area contributed by atoms with Gasteiger partial charge in [0.05, 0.1) is 12.6 Å². The van der Waals surface area contributed by atoms with Crippen LogP contribution in [0.3, 0.4) is 0 Å². The third-order valence-corrected chi connectivity index (χ3v) is 5.45. The third-order valence-electron chi connectivity index (χ3n) is 5.45. The fourth-order valence-electron chi connectivity index (χ4n) is 4.12. The molecule has 0 saturated heterocycles. The van der Waals surface area contributed by atoms with E-state index in [1.807, 2.05) is 43.7 Å². The number of rotatable bonds is 4. The lowest BCUT2D eigenvalue weighted by atomic mass is 9.97. The summed E-state index contributed by atoms with van der Waals surface area (Å²) in [5.41, 5.74) is 3.99. The number of benzene rings is 1. The van der Waals surface area contributed by atoms with E-state index in [2.05, 4.69) is 35.7 Å². The van der Waals surface area contributed by atoms with Crippen molar-refractivity contribution in [3.05, 3.63) is 95.6 Å². The Kier molecular flexibility index (Phi) is 4.80. The maximum atomic E-state index is 14.0. The van der Waals surface area contributed by atoms with Crippen molar-refractivity contribution in [2.45, 2.75) is 26.1 Å². The molecule has 3 aromatic heterocycles. The van der Waals surface area contributed by atoms with Crippen LogP contribution in [0, 0.1) is 12.7 Å². The van der Waals surface area contributed by atoms with Crippen molar-refractivity contribution in [1.82, 2.24) is 29.6 Å². The SMILES string of the molecule is Cc1cncc(-c2nnc3n2CCN(C(c2cccnc2)c2cccc(F)c2)C3)c1. The smallest absolute Gasteiger partial charge is 0.165 e. The minimum atomic E-state index is -0.240. The molecule has 0 radical (unpaired) electrons. The first-order valence-electron chi connectivity index (χ1n) is 9.92. The summed E-state index contributed by atoms with van der Waals surface area (Å²) in [5.74, 6) is 1.49. The van der Waals surface area contributed by atoms with Crippen molar-refractivity contribution >= 4 is 0 Å². The van der Waals surface area contributed by atoms with Crippen LogP contribution in [-0.2, 0) is 13.1 Å². The van der Waals surface area contributed by atoms with E-state index in [0.29, 0.717) is 6.54 Å². The van der Waals surface area contributed by atoms with Gasteiger partial charge in [-0.05, 0) is 47.9 Å². The Labute approximate surface area is 174 Å². The number of hydrogen-bond donors (Lipinski definition) is 0. The second-order valence-corrected chi connectivity index (χ2v) is 7.56. The van der Waals surface area contributed by atoms with Gasteiger partial charge in [-0.2, -0.15) is 0 Å². The molecule has 1 aromatic carbocycles. The van der Waals surface area contributed by atoms with E-state index in [9.17, 15) is 4.39 Å². The summed E-state index contributed by atoms with van der Waals surface area (Å²) in [5, 5.41) is 8.89. The number of fused-ring (bicyclic) bond motifs is 1. The molecular formula is C23H21FN6. The van der Waals surface area contributed by atoms with Gasteiger partial charge in [0.25, 0.3) is 0 Å². The monoisotopic (exact) mass is 400 g/mol. The summed E-state index contributed by atoms with van der Waals surface area (Å²) >= 11 is 0. The minimum Gasteiger partial charge on any atom is -0.309 e. The van der Waals surface area contributed by atoms with E-state index in [-0.39, 0.29) is 11.9 Å². The van der Waals surface area contributed by atoms with Crippen LogP contribution >= 0.6 is 0 Å². The third kappa shape index (κ3) is 3.48. The van der Waals surface area contributed by atoms with E-state index in [1.54, 1.807) is 18.3 Å². The van der Waals surface area contributed by atoms with Gasteiger partial charge >= 0.3 is 0 Å². The number of hydrogen-bond acceptors (Lipinski definition) is 5. The van der Waals surface area contributed by atoms with Gasteiger partial charge in [-0.25, -0.2) is 4.39 Å². The van der Waals surface area contributed by atoms with Crippen LogP contribution in [0.15, 0.2) is 67.3 Å². The maximum Gasteiger partial charge on any atom is 0.165 e. The van der Waals surface area contributed by atoms with Crippen molar-refractivity contribution < 1.29 is 4.39 Å². The first-order valence-corrected chi connectivity index (χ1v) is 9.92. The summed E-state index contributed by atoms with van der Waals surface area (Å²) in [6, 6.07) is 12.7. The first-order chi connectivity index (χ1) is 14.7. The minimum absolute atomic E-state index is 0.107. The fourth-order valence-corrected chi connectivity index (χ4v) is 4.12. The van der Waals surface area contributed by atoms with Crippen LogP contribution in [0.2, 0.25) is 0 Å². The van der Waals surface area contributed by atoms with Crippen molar-refractivity contribution in [3.63, 3.8) is 0 Å². The van der Waals surface area contributed by atoms with Crippen LogP contribution in [0.1, 0.15) is 28.6 Å². The Morgan fingerprint density at radius 3 is 2.63 bits per heavy atom.